The molecule has 0 aromatic heterocycles. The second-order valence-corrected chi connectivity index (χ2v) is 5.45. The van der Waals surface area contributed by atoms with E-state index < -0.39 is 0 Å². The van der Waals surface area contributed by atoms with Gasteiger partial charge in [0.2, 0.25) is 0 Å². The Labute approximate surface area is 105 Å². The summed E-state index contributed by atoms with van der Waals surface area (Å²) in [6.07, 6.45) is 2.04. The Morgan fingerprint density at radius 2 is 2.00 bits per heavy atom. The summed E-state index contributed by atoms with van der Waals surface area (Å²) in [7, 11) is 0. The van der Waals surface area contributed by atoms with Crippen LogP contribution in [0.3, 0.4) is 0 Å². The van der Waals surface area contributed by atoms with E-state index >= 15 is 0 Å². The minimum atomic E-state index is 0.244. The third-order valence-corrected chi connectivity index (χ3v) is 3.69. The normalized spacial score (nSPS) is 26.6. The SMILES string of the molecule is CC(C)C1CC(NCCCO)CN(CCO)C1. The van der Waals surface area contributed by atoms with Gasteiger partial charge in [0.25, 0.3) is 0 Å². The summed E-state index contributed by atoms with van der Waals surface area (Å²) >= 11 is 0. The summed E-state index contributed by atoms with van der Waals surface area (Å²) in [5, 5.41) is 21.3. The molecule has 0 radical (unpaired) electrons. The molecule has 1 rings (SSSR count). The van der Waals surface area contributed by atoms with Gasteiger partial charge in [-0.3, -0.25) is 4.90 Å². The number of β-amino-alcohol motifs (C(OH)–C–C–N with tert-alkyl or cyclic N) is 1. The summed E-state index contributed by atoms with van der Waals surface area (Å²) in [6.45, 7) is 8.85. The first-order valence-electron chi connectivity index (χ1n) is 6.84. The van der Waals surface area contributed by atoms with Crippen molar-refractivity contribution in [1.29, 1.82) is 0 Å². The van der Waals surface area contributed by atoms with E-state index in [2.05, 4.69) is 24.1 Å². The number of hydrogen-bond acceptors (Lipinski definition) is 4. The molecule has 0 aromatic rings. The first-order valence-corrected chi connectivity index (χ1v) is 6.84. The first kappa shape index (κ1) is 14.9. The maximum atomic E-state index is 9.05. The number of aliphatic hydroxyl groups is 2. The lowest BCUT2D eigenvalue weighted by atomic mass is 9.85. The molecule has 0 saturated carbocycles. The Balaban J connectivity index is 2.40. The van der Waals surface area contributed by atoms with Gasteiger partial charge in [0.15, 0.2) is 0 Å². The van der Waals surface area contributed by atoms with Crippen LogP contribution < -0.4 is 5.32 Å². The van der Waals surface area contributed by atoms with Crippen LogP contribution in [0.4, 0.5) is 0 Å². The van der Waals surface area contributed by atoms with Crippen molar-refractivity contribution in [3.8, 4) is 0 Å². The highest BCUT2D eigenvalue weighted by Gasteiger charge is 2.28. The van der Waals surface area contributed by atoms with Crippen molar-refractivity contribution in [2.45, 2.75) is 32.7 Å². The number of nitrogens with one attached hydrogen (secondary N) is 1. The summed E-state index contributed by atoms with van der Waals surface area (Å²) < 4.78 is 0. The maximum absolute atomic E-state index is 9.05. The van der Waals surface area contributed by atoms with E-state index in [0.29, 0.717) is 17.9 Å². The number of rotatable bonds is 7. The Hall–Kier alpha value is -0.160. The van der Waals surface area contributed by atoms with Crippen LogP contribution >= 0.6 is 0 Å². The molecule has 102 valence electrons. The molecular formula is C13H28N2O2. The Kier molecular flexibility index (Phi) is 7.04. The molecule has 0 bridgehead atoms. The molecule has 1 heterocycles. The third-order valence-electron chi connectivity index (χ3n) is 3.69. The van der Waals surface area contributed by atoms with Gasteiger partial charge < -0.3 is 15.5 Å². The highest BCUT2D eigenvalue weighted by atomic mass is 16.3. The quantitative estimate of drug-likeness (QED) is 0.564. The molecule has 1 fully saturated rings. The minimum absolute atomic E-state index is 0.244. The van der Waals surface area contributed by atoms with Crippen molar-refractivity contribution in [2.75, 3.05) is 39.4 Å². The number of nitrogens with zero attached hydrogens (tertiary/aromatic N) is 1. The second-order valence-electron chi connectivity index (χ2n) is 5.45. The lowest BCUT2D eigenvalue weighted by molar-refractivity contribution is 0.0961. The maximum Gasteiger partial charge on any atom is 0.0558 e. The van der Waals surface area contributed by atoms with Gasteiger partial charge in [0.1, 0.15) is 0 Å². The van der Waals surface area contributed by atoms with Crippen molar-refractivity contribution in [2.24, 2.45) is 11.8 Å². The zero-order chi connectivity index (χ0) is 12.7. The average Bonchev–Trinajstić information content (AvgIpc) is 2.29. The van der Waals surface area contributed by atoms with Gasteiger partial charge in [-0.05, 0) is 31.2 Å². The standard InChI is InChI=1S/C13H28N2O2/c1-11(2)12-8-13(14-4-3-6-16)10-15(9-12)5-7-17/h11-14,16-17H,3-10H2,1-2H3. The second kappa shape index (κ2) is 8.03. The lowest BCUT2D eigenvalue weighted by Gasteiger charge is -2.39. The van der Waals surface area contributed by atoms with Gasteiger partial charge in [-0.1, -0.05) is 13.8 Å². The number of likely N-dealkylation sites (tertiary alicyclic amines) is 1. The molecule has 2 atom stereocenters. The largest absolute Gasteiger partial charge is 0.396 e. The van der Waals surface area contributed by atoms with E-state index in [9.17, 15) is 0 Å². The monoisotopic (exact) mass is 244 g/mol. The van der Waals surface area contributed by atoms with Gasteiger partial charge in [-0.15, -0.1) is 0 Å². The van der Waals surface area contributed by atoms with Crippen LogP contribution in [0.25, 0.3) is 0 Å². The van der Waals surface area contributed by atoms with Gasteiger partial charge in [-0.25, -0.2) is 0 Å². The molecule has 0 aromatic carbocycles. The fraction of sp³-hybridized carbons (Fsp3) is 1.00. The Bertz CT molecular complexity index is 200. The number of piperidine rings is 1. The van der Waals surface area contributed by atoms with Crippen LogP contribution in [0.2, 0.25) is 0 Å². The van der Waals surface area contributed by atoms with E-state index in [1.165, 1.54) is 6.42 Å². The third kappa shape index (κ3) is 5.34. The molecule has 1 saturated heterocycles. The van der Waals surface area contributed by atoms with Crippen LogP contribution in [-0.2, 0) is 0 Å². The highest BCUT2D eigenvalue weighted by Crippen LogP contribution is 2.23. The summed E-state index contributed by atoms with van der Waals surface area (Å²) in [5.41, 5.74) is 0. The van der Waals surface area contributed by atoms with Crippen LogP contribution in [0, 0.1) is 11.8 Å². The van der Waals surface area contributed by atoms with E-state index in [1.54, 1.807) is 0 Å². The van der Waals surface area contributed by atoms with E-state index in [1.807, 2.05) is 0 Å². The zero-order valence-electron chi connectivity index (χ0n) is 11.2. The van der Waals surface area contributed by atoms with Crippen LogP contribution in [-0.4, -0.2) is 60.5 Å². The van der Waals surface area contributed by atoms with Crippen molar-refractivity contribution < 1.29 is 10.2 Å². The molecule has 3 N–H and O–H groups in total. The van der Waals surface area contributed by atoms with Gasteiger partial charge in [0.05, 0.1) is 6.61 Å². The van der Waals surface area contributed by atoms with Gasteiger partial charge in [0, 0.05) is 32.3 Å². The first-order chi connectivity index (χ1) is 8.17. The Morgan fingerprint density at radius 1 is 1.24 bits per heavy atom. The molecule has 0 spiro atoms. The minimum Gasteiger partial charge on any atom is -0.396 e. The summed E-state index contributed by atoms with van der Waals surface area (Å²) in [5.74, 6) is 1.40. The van der Waals surface area contributed by atoms with Crippen molar-refractivity contribution in [3.63, 3.8) is 0 Å². The number of aliphatic hydroxyl groups excluding tert-OH is 2. The van der Waals surface area contributed by atoms with E-state index in [-0.39, 0.29) is 13.2 Å². The molecule has 17 heavy (non-hydrogen) atoms. The van der Waals surface area contributed by atoms with Gasteiger partial charge >= 0.3 is 0 Å². The Morgan fingerprint density at radius 3 is 2.59 bits per heavy atom. The van der Waals surface area contributed by atoms with E-state index in [4.69, 9.17) is 10.2 Å². The van der Waals surface area contributed by atoms with Crippen molar-refractivity contribution in [3.05, 3.63) is 0 Å². The van der Waals surface area contributed by atoms with Crippen LogP contribution in [0.15, 0.2) is 0 Å². The molecule has 2 unspecified atom stereocenters. The van der Waals surface area contributed by atoms with Crippen molar-refractivity contribution in [1.82, 2.24) is 10.2 Å². The zero-order valence-corrected chi connectivity index (χ0v) is 11.2. The predicted molar refractivity (Wildman–Crippen MR) is 70.0 cm³/mol. The molecule has 1 aliphatic rings. The van der Waals surface area contributed by atoms with Gasteiger partial charge in [-0.2, -0.15) is 0 Å². The van der Waals surface area contributed by atoms with E-state index in [0.717, 1.165) is 32.6 Å². The highest BCUT2D eigenvalue weighted by molar-refractivity contribution is 4.84. The lowest BCUT2D eigenvalue weighted by Crippen LogP contribution is -2.51. The van der Waals surface area contributed by atoms with Crippen LogP contribution in [0.5, 0.6) is 0 Å². The molecule has 0 amide bonds. The fourth-order valence-corrected chi connectivity index (χ4v) is 2.57. The predicted octanol–water partition coefficient (Wildman–Crippen LogP) is 0.297. The molecule has 1 aliphatic heterocycles. The summed E-state index contributed by atoms with van der Waals surface area (Å²) in [4.78, 5) is 2.35. The molecular weight excluding hydrogens is 216 g/mol. The molecule has 4 nitrogen and oxygen atoms in total. The fourth-order valence-electron chi connectivity index (χ4n) is 2.57. The smallest absolute Gasteiger partial charge is 0.0558 e. The summed E-state index contributed by atoms with van der Waals surface area (Å²) in [6, 6.07) is 0.509. The topological polar surface area (TPSA) is 55.7 Å². The van der Waals surface area contributed by atoms with Crippen LogP contribution in [0.1, 0.15) is 26.7 Å². The molecule has 4 heteroatoms. The average molecular weight is 244 g/mol. The van der Waals surface area contributed by atoms with Crippen molar-refractivity contribution >= 4 is 0 Å². The molecule has 0 aliphatic carbocycles. The number of hydrogen-bond donors (Lipinski definition) is 3.